The normalized spacial score (nSPS) is 15.4. The van der Waals surface area contributed by atoms with Gasteiger partial charge in [0.25, 0.3) is 5.91 Å². The molecule has 1 aliphatic heterocycles. The lowest BCUT2D eigenvalue weighted by Gasteiger charge is -2.32. The molecule has 0 radical (unpaired) electrons. The number of nitrogens with zero attached hydrogens (tertiary/aromatic N) is 2. The van der Waals surface area contributed by atoms with Gasteiger partial charge < -0.3 is 10.1 Å². The molecule has 3 rings (SSSR count). The Balaban J connectivity index is 1.41. The number of carbonyl (C=O) groups excluding carboxylic acids is 1. The molecule has 1 aromatic carbocycles. The summed E-state index contributed by atoms with van der Waals surface area (Å²) < 4.78 is 5.22. The zero-order valence-electron chi connectivity index (χ0n) is 16.7. The predicted octanol–water partition coefficient (Wildman–Crippen LogP) is 3.84. The first-order valence-corrected chi connectivity index (χ1v) is 10.9. The van der Waals surface area contributed by atoms with Gasteiger partial charge in [0.2, 0.25) is 0 Å². The minimum Gasteiger partial charge on any atom is -0.497 e. The summed E-state index contributed by atoms with van der Waals surface area (Å²) in [6, 6.07) is 12.0. The maximum atomic E-state index is 12.4. The topological polar surface area (TPSA) is 54.5 Å². The highest BCUT2D eigenvalue weighted by molar-refractivity contribution is 7.99. The number of carbonyl (C=O) groups is 1. The molecule has 0 saturated carbocycles. The highest BCUT2D eigenvalue weighted by Crippen LogP contribution is 2.20. The van der Waals surface area contributed by atoms with Gasteiger partial charge in [-0.1, -0.05) is 19.1 Å². The van der Waals surface area contributed by atoms with E-state index in [2.05, 4.69) is 34.3 Å². The molecule has 1 aromatic heterocycles. The minimum absolute atomic E-state index is 0.000940. The smallest absolute Gasteiger partial charge is 0.251 e. The van der Waals surface area contributed by atoms with Gasteiger partial charge >= 0.3 is 0 Å². The molecule has 6 heteroatoms. The van der Waals surface area contributed by atoms with Crippen LogP contribution in [0, 0.1) is 5.92 Å². The fourth-order valence-corrected chi connectivity index (χ4v) is 4.10. The zero-order chi connectivity index (χ0) is 19.8. The zero-order valence-corrected chi connectivity index (χ0v) is 17.5. The molecule has 0 aliphatic carbocycles. The van der Waals surface area contributed by atoms with Crippen LogP contribution in [0.2, 0.25) is 0 Å². The summed E-state index contributed by atoms with van der Waals surface area (Å²) in [4.78, 5) is 19.2. The monoisotopic (exact) mass is 399 g/mol. The van der Waals surface area contributed by atoms with Crippen molar-refractivity contribution in [2.45, 2.75) is 31.3 Å². The van der Waals surface area contributed by atoms with Gasteiger partial charge in [-0.2, -0.15) is 0 Å². The first kappa shape index (κ1) is 20.7. The quantitative estimate of drug-likeness (QED) is 0.684. The van der Waals surface area contributed by atoms with Crippen molar-refractivity contribution in [3.05, 3.63) is 53.7 Å². The first-order chi connectivity index (χ1) is 13.7. The lowest BCUT2D eigenvalue weighted by molar-refractivity contribution is 0.0935. The summed E-state index contributed by atoms with van der Waals surface area (Å²) in [5.74, 6) is 2.39. The molecule has 2 aromatic rings. The molecule has 0 unspecified atom stereocenters. The summed E-state index contributed by atoms with van der Waals surface area (Å²) in [5.41, 5.74) is 2.01. The number of hydrogen-bond donors (Lipinski definition) is 1. The third-order valence-electron chi connectivity index (χ3n) is 5.11. The summed E-state index contributed by atoms with van der Waals surface area (Å²) in [7, 11) is 1.69. The number of pyridine rings is 1. The van der Waals surface area contributed by atoms with E-state index in [4.69, 9.17) is 4.74 Å². The van der Waals surface area contributed by atoms with Gasteiger partial charge in [-0.15, -0.1) is 11.8 Å². The number of aromatic nitrogens is 1. The van der Waals surface area contributed by atoms with E-state index < -0.39 is 0 Å². The van der Waals surface area contributed by atoms with E-state index in [1.807, 2.05) is 18.2 Å². The standard InChI is InChI=1S/C22H29N3O2S/c1-3-28-21-14-19(8-11-23-21)22(26)24-15-17-9-12-25(13-10-17)16-18-4-6-20(27-2)7-5-18/h4-8,11,14,17H,3,9-10,12-13,15-16H2,1-2H3,(H,24,26). The largest absolute Gasteiger partial charge is 0.497 e. The summed E-state index contributed by atoms with van der Waals surface area (Å²) in [6.07, 6.45) is 3.94. The number of rotatable bonds is 8. The van der Waals surface area contributed by atoms with Crippen molar-refractivity contribution in [3.8, 4) is 5.75 Å². The van der Waals surface area contributed by atoms with Crippen LogP contribution >= 0.6 is 11.8 Å². The molecule has 1 N–H and O–H groups in total. The van der Waals surface area contributed by atoms with Crippen LogP contribution < -0.4 is 10.1 Å². The molecular formula is C22H29N3O2S. The van der Waals surface area contributed by atoms with E-state index in [1.54, 1.807) is 31.1 Å². The SMILES string of the molecule is CCSc1cc(C(=O)NCC2CCN(Cc3ccc(OC)cc3)CC2)ccn1. The van der Waals surface area contributed by atoms with E-state index in [9.17, 15) is 4.79 Å². The predicted molar refractivity (Wildman–Crippen MR) is 114 cm³/mol. The number of amides is 1. The highest BCUT2D eigenvalue weighted by atomic mass is 32.2. The maximum Gasteiger partial charge on any atom is 0.251 e. The molecular weight excluding hydrogens is 370 g/mol. The van der Waals surface area contributed by atoms with E-state index in [1.165, 1.54) is 5.56 Å². The Bertz CT molecular complexity index is 759. The number of piperidine rings is 1. The number of thioether (sulfide) groups is 1. The molecule has 1 aliphatic rings. The number of benzene rings is 1. The van der Waals surface area contributed by atoms with Gasteiger partial charge in [-0.3, -0.25) is 9.69 Å². The van der Waals surface area contributed by atoms with Crippen molar-refractivity contribution < 1.29 is 9.53 Å². The summed E-state index contributed by atoms with van der Waals surface area (Å²) in [6.45, 7) is 5.93. The Kier molecular flexibility index (Phi) is 7.74. The lowest BCUT2D eigenvalue weighted by atomic mass is 9.96. The average Bonchev–Trinajstić information content (AvgIpc) is 2.74. The molecule has 2 heterocycles. The van der Waals surface area contributed by atoms with Gasteiger partial charge in [0.15, 0.2) is 0 Å². The van der Waals surface area contributed by atoms with Crippen LogP contribution in [0.5, 0.6) is 5.75 Å². The summed E-state index contributed by atoms with van der Waals surface area (Å²) >= 11 is 1.65. The van der Waals surface area contributed by atoms with Crippen LogP contribution in [-0.2, 0) is 6.54 Å². The van der Waals surface area contributed by atoms with Gasteiger partial charge in [0, 0.05) is 24.8 Å². The fourth-order valence-electron chi connectivity index (χ4n) is 3.45. The van der Waals surface area contributed by atoms with Gasteiger partial charge in [-0.25, -0.2) is 4.98 Å². The van der Waals surface area contributed by atoms with Crippen LogP contribution in [0.15, 0.2) is 47.6 Å². The Morgan fingerprint density at radius 1 is 1.25 bits per heavy atom. The van der Waals surface area contributed by atoms with Crippen molar-refractivity contribution in [2.75, 3.05) is 32.5 Å². The highest BCUT2D eigenvalue weighted by Gasteiger charge is 2.20. The van der Waals surface area contributed by atoms with E-state index in [0.29, 0.717) is 11.5 Å². The fraction of sp³-hybridized carbons (Fsp3) is 0.455. The maximum absolute atomic E-state index is 12.4. The second-order valence-corrected chi connectivity index (χ2v) is 8.38. The van der Waals surface area contributed by atoms with E-state index in [0.717, 1.165) is 55.5 Å². The van der Waals surface area contributed by atoms with Crippen molar-refractivity contribution >= 4 is 17.7 Å². The average molecular weight is 400 g/mol. The Labute approximate surface area is 171 Å². The van der Waals surface area contributed by atoms with E-state index >= 15 is 0 Å². The van der Waals surface area contributed by atoms with Crippen LogP contribution in [0.25, 0.3) is 0 Å². The van der Waals surface area contributed by atoms with Crippen LogP contribution in [-0.4, -0.2) is 48.3 Å². The summed E-state index contributed by atoms with van der Waals surface area (Å²) in [5, 5.41) is 4.01. The number of hydrogen-bond acceptors (Lipinski definition) is 5. The second kappa shape index (κ2) is 10.5. The Morgan fingerprint density at radius 3 is 2.68 bits per heavy atom. The van der Waals surface area contributed by atoms with Crippen LogP contribution in [0.3, 0.4) is 0 Å². The van der Waals surface area contributed by atoms with Crippen molar-refractivity contribution in [3.63, 3.8) is 0 Å². The third-order valence-corrected chi connectivity index (χ3v) is 5.92. The molecule has 28 heavy (non-hydrogen) atoms. The number of ether oxygens (including phenoxy) is 1. The van der Waals surface area contributed by atoms with Crippen LogP contribution in [0.1, 0.15) is 35.7 Å². The molecule has 1 saturated heterocycles. The van der Waals surface area contributed by atoms with Gasteiger partial charge in [0.1, 0.15) is 5.75 Å². The van der Waals surface area contributed by atoms with Crippen LogP contribution in [0.4, 0.5) is 0 Å². The molecule has 1 fully saturated rings. The molecule has 0 bridgehead atoms. The first-order valence-electron chi connectivity index (χ1n) is 9.90. The minimum atomic E-state index is 0.000940. The lowest BCUT2D eigenvalue weighted by Crippen LogP contribution is -2.38. The number of likely N-dealkylation sites (tertiary alicyclic amines) is 1. The Hall–Kier alpha value is -2.05. The molecule has 1 amide bonds. The number of methoxy groups -OCH3 is 1. The third kappa shape index (κ3) is 5.97. The van der Waals surface area contributed by atoms with Crippen molar-refractivity contribution in [2.24, 2.45) is 5.92 Å². The Morgan fingerprint density at radius 2 is 2.00 bits per heavy atom. The number of nitrogens with one attached hydrogen (secondary N) is 1. The van der Waals surface area contributed by atoms with Gasteiger partial charge in [-0.05, 0) is 67.4 Å². The van der Waals surface area contributed by atoms with Crippen molar-refractivity contribution in [1.29, 1.82) is 0 Å². The molecule has 150 valence electrons. The molecule has 0 atom stereocenters. The van der Waals surface area contributed by atoms with E-state index in [-0.39, 0.29) is 5.91 Å². The molecule has 5 nitrogen and oxygen atoms in total. The van der Waals surface area contributed by atoms with Crippen molar-refractivity contribution in [1.82, 2.24) is 15.2 Å². The second-order valence-electron chi connectivity index (χ2n) is 7.09. The molecule has 0 spiro atoms. The van der Waals surface area contributed by atoms with Gasteiger partial charge in [0.05, 0.1) is 12.1 Å².